The summed E-state index contributed by atoms with van der Waals surface area (Å²) in [7, 11) is -2.92. The van der Waals surface area contributed by atoms with Crippen molar-refractivity contribution in [3.05, 3.63) is 29.0 Å². The monoisotopic (exact) mass is 263 g/mol. The lowest BCUT2D eigenvalue weighted by atomic mass is 10.2. The summed E-state index contributed by atoms with van der Waals surface area (Å²) in [5.41, 5.74) is 0.574. The summed E-state index contributed by atoms with van der Waals surface area (Å²) in [5.74, 6) is -0.0981. The van der Waals surface area contributed by atoms with Gasteiger partial charge in [-0.25, -0.2) is 12.8 Å². The minimum atomic E-state index is -2.92. The van der Waals surface area contributed by atoms with Crippen LogP contribution in [0.2, 0.25) is 5.02 Å². The van der Waals surface area contributed by atoms with Crippen LogP contribution in [0.15, 0.2) is 18.2 Å². The highest BCUT2D eigenvalue weighted by molar-refractivity contribution is 7.91. The average Bonchev–Trinajstić information content (AvgIpc) is 2.51. The van der Waals surface area contributed by atoms with Gasteiger partial charge >= 0.3 is 0 Å². The van der Waals surface area contributed by atoms with E-state index in [0.717, 1.165) is 0 Å². The number of hydrogen-bond donors (Lipinski definition) is 1. The van der Waals surface area contributed by atoms with Gasteiger partial charge in [0.25, 0.3) is 0 Å². The molecule has 1 unspecified atom stereocenters. The molecule has 0 amide bonds. The molecule has 3 nitrogen and oxygen atoms in total. The number of hydrogen-bond acceptors (Lipinski definition) is 3. The fourth-order valence-electron chi connectivity index (χ4n) is 1.74. The highest BCUT2D eigenvalue weighted by Gasteiger charge is 2.27. The Balaban J connectivity index is 2.11. The zero-order chi connectivity index (χ0) is 11.8. The molecule has 0 spiro atoms. The molecule has 1 aliphatic rings. The van der Waals surface area contributed by atoms with Crippen LogP contribution in [0.4, 0.5) is 10.1 Å². The van der Waals surface area contributed by atoms with E-state index >= 15 is 0 Å². The molecular weight excluding hydrogens is 253 g/mol. The summed E-state index contributed by atoms with van der Waals surface area (Å²) in [4.78, 5) is 0. The van der Waals surface area contributed by atoms with E-state index in [1.54, 1.807) is 0 Å². The first-order valence-corrected chi connectivity index (χ1v) is 7.08. The molecule has 1 saturated heterocycles. The van der Waals surface area contributed by atoms with E-state index in [4.69, 9.17) is 11.6 Å². The molecule has 1 atom stereocenters. The van der Waals surface area contributed by atoms with Gasteiger partial charge in [0.05, 0.1) is 22.2 Å². The van der Waals surface area contributed by atoms with E-state index in [-0.39, 0.29) is 22.6 Å². The lowest BCUT2D eigenvalue weighted by Crippen LogP contribution is -2.20. The summed E-state index contributed by atoms with van der Waals surface area (Å²) in [6, 6.07) is 3.88. The molecule has 1 heterocycles. The summed E-state index contributed by atoms with van der Waals surface area (Å²) in [6.45, 7) is 0. The summed E-state index contributed by atoms with van der Waals surface area (Å²) in [5, 5.41) is 3.28. The largest absolute Gasteiger partial charge is 0.380 e. The highest BCUT2D eigenvalue weighted by Crippen LogP contribution is 2.25. The van der Waals surface area contributed by atoms with Gasteiger partial charge in [0, 0.05) is 6.04 Å². The van der Waals surface area contributed by atoms with E-state index in [1.807, 2.05) is 0 Å². The van der Waals surface area contributed by atoms with Gasteiger partial charge in [0.2, 0.25) is 0 Å². The first-order valence-electron chi connectivity index (χ1n) is 4.88. The van der Waals surface area contributed by atoms with Gasteiger partial charge in [-0.05, 0) is 24.6 Å². The Hall–Kier alpha value is -0.810. The van der Waals surface area contributed by atoms with E-state index in [2.05, 4.69) is 5.32 Å². The second kappa shape index (κ2) is 4.22. The third-order valence-electron chi connectivity index (χ3n) is 2.52. The molecule has 0 saturated carbocycles. The van der Waals surface area contributed by atoms with Crippen LogP contribution in [0.5, 0.6) is 0 Å². The minimum absolute atomic E-state index is 0.112. The van der Waals surface area contributed by atoms with Gasteiger partial charge in [-0.15, -0.1) is 0 Å². The van der Waals surface area contributed by atoms with Crippen molar-refractivity contribution in [2.75, 3.05) is 16.8 Å². The SMILES string of the molecule is O=S1(=O)CCC(Nc2ccc(F)cc2Cl)C1. The van der Waals surface area contributed by atoms with Crippen molar-refractivity contribution >= 4 is 27.1 Å². The molecule has 1 fully saturated rings. The van der Waals surface area contributed by atoms with Crippen LogP contribution >= 0.6 is 11.6 Å². The molecule has 0 aromatic heterocycles. The second-order valence-electron chi connectivity index (χ2n) is 3.87. The normalized spacial score (nSPS) is 23.2. The van der Waals surface area contributed by atoms with Crippen LogP contribution in [0, 0.1) is 5.82 Å². The zero-order valence-corrected chi connectivity index (χ0v) is 9.98. The van der Waals surface area contributed by atoms with E-state index in [0.29, 0.717) is 12.1 Å². The number of benzene rings is 1. The summed E-state index contributed by atoms with van der Waals surface area (Å²) >= 11 is 5.83. The molecule has 88 valence electrons. The van der Waals surface area contributed by atoms with Gasteiger partial charge in [-0.2, -0.15) is 0 Å². The van der Waals surface area contributed by atoms with Gasteiger partial charge in [0.15, 0.2) is 9.84 Å². The van der Waals surface area contributed by atoms with Gasteiger partial charge in [0.1, 0.15) is 5.82 Å². The summed E-state index contributed by atoms with van der Waals surface area (Å²) < 4.78 is 35.3. The zero-order valence-electron chi connectivity index (χ0n) is 8.41. The maximum absolute atomic E-state index is 12.8. The van der Waals surface area contributed by atoms with Crippen molar-refractivity contribution in [2.24, 2.45) is 0 Å². The lowest BCUT2D eigenvalue weighted by Gasteiger charge is -2.13. The molecule has 0 aliphatic carbocycles. The Bertz CT molecular complexity index is 504. The van der Waals surface area contributed by atoms with E-state index in [9.17, 15) is 12.8 Å². The lowest BCUT2D eigenvalue weighted by molar-refractivity contribution is 0.602. The molecule has 2 rings (SSSR count). The van der Waals surface area contributed by atoms with Crippen LogP contribution in [0.1, 0.15) is 6.42 Å². The maximum atomic E-state index is 12.8. The molecule has 0 radical (unpaired) electrons. The Morgan fingerprint density at radius 2 is 2.19 bits per heavy atom. The predicted octanol–water partition coefficient (Wildman–Crippen LogP) is 2.08. The van der Waals surface area contributed by atoms with Crippen molar-refractivity contribution in [1.29, 1.82) is 0 Å². The molecule has 1 aromatic rings. The molecule has 1 aromatic carbocycles. The van der Waals surface area contributed by atoms with Gasteiger partial charge in [-0.1, -0.05) is 11.6 Å². The highest BCUT2D eigenvalue weighted by atomic mass is 35.5. The van der Waals surface area contributed by atoms with Crippen molar-refractivity contribution in [2.45, 2.75) is 12.5 Å². The molecule has 1 N–H and O–H groups in total. The number of halogens is 2. The van der Waals surface area contributed by atoms with Crippen molar-refractivity contribution in [3.8, 4) is 0 Å². The number of sulfone groups is 1. The number of rotatable bonds is 2. The quantitative estimate of drug-likeness (QED) is 0.889. The van der Waals surface area contributed by atoms with Crippen LogP contribution < -0.4 is 5.32 Å². The molecule has 6 heteroatoms. The fraction of sp³-hybridized carbons (Fsp3) is 0.400. The standard InChI is InChI=1S/C10H11ClFNO2S/c11-9-5-7(12)1-2-10(9)13-8-3-4-16(14,15)6-8/h1-2,5,8,13H,3-4,6H2. The molecule has 0 bridgehead atoms. The van der Waals surface area contributed by atoms with Gasteiger partial charge in [-0.3, -0.25) is 0 Å². The predicted molar refractivity (Wildman–Crippen MR) is 62.1 cm³/mol. The average molecular weight is 264 g/mol. The number of nitrogens with one attached hydrogen (secondary N) is 1. The van der Waals surface area contributed by atoms with Crippen LogP contribution in [0.3, 0.4) is 0 Å². The van der Waals surface area contributed by atoms with E-state index < -0.39 is 15.7 Å². The van der Waals surface area contributed by atoms with Crippen LogP contribution in [0.25, 0.3) is 0 Å². The van der Waals surface area contributed by atoms with Crippen molar-refractivity contribution in [1.82, 2.24) is 0 Å². The Morgan fingerprint density at radius 1 is 1.44 bits per heavy atom. The third-order valence-corrected chi connectivity index (χ3v) is 4.60. The molecule has 1 aliphatic heterocycles. The van der Waals surface area contributed by atoms with E-state index in [1.165, 1.54) is 18.2 Å². The minimum Gasteiger partial charge on any atom is -0.380 e. The second-order valence-corrected chi connectivity index (χ2v) is 6.50. The number of anilines is 1. The fourth-order valence-corrected chi connectivity index (χ4v) is 3.63. The molecule has 16 heavy (non-hydrogen) atoms. The Labute approximate surface area is 98.5 Å². The Morgan fingerprint density at radius 3 is 2.75 bits per heavy atom. The summed E-state index contributed by atoms with van der Waals surface area (Å²) in [6.07, 6.45) is 0.566. The molecular formula is C10H11ClFNO2S. The van der Waals surface area contributed by atoms with Crippen molar-refractivity contribution < 1.29 is 12.8 Å². The van der Waals surface area contributed by atoms with Crippen LogP contribution in [-0.4, -0.2) is 26.0 Å². The van der Waals surface area contributed by atoms with Gasteiger partial charge < -0.3 is 5.32 Å². The van der Waals surface area contributed by atoms with Crippen LogP contribution in [-0.2, 0) is 9.84 Å². The first kappa shape index (κ1) is 11.7. The third kappa shape index (κ3) is 2.65. The first-order chi connectivity index (χ1) is 7.46. The smallest absolute Gasteiger partial charge is 0.152 e. The topological polar surface area (TPSA) is 46.2 Å². The maximum Gasteiger partial charge on any atom is 0.152 e. The van der Waals surface area contributed by atoms with Crippen molar-refractivity contribution in [3.63, 3.8) is 0 Å². The Kier molecular flexibility index (Phi) is 3.08.